The van der Waals surface area contributed by atoms with Crippen LogP contribution in [0.2, 0.25) is 0 Å². The molecule has 0 aliphatic rings. The van der Waals surface area contributed by atoms with E-state index in [2.05, 4.69) is 15.4 Å². The predicted octanol–water partition coefficient (Wildman–Crippen LogP) is 3.60. The zero-order valence-corrected chi connectivity index (χ0v) is 14.6. The van der Waals surface area contributed by atoms with Crippen molar-refractivity contribution >= 4 is 22.4 Å². The van der Waals surface area contributed by atoms with Crippen LogP contribution >= 0.6 is 11.3 Å². The minimum absolute atomic E-state index is 0.256. The highest BCUT2D eigenvalue weighted by molar-refractivity contribution is 7.14. The van der Waals surface area contributed by atoms with E-state index < -0.39 is 0 Å². The molecule has 0 bridgehead atoms. The maximum absolute atomic E-state index is 12.2. The first kappa shape index (κ1) is 16.2. The van der Waals surface area contributed by atoms with Crippen LogP contribution < -0.4 is 10.1 Å². The Labute approximate surface area is 144 Å². The SMILES string of the molecule is CCn1ccc(C(=O)Nc2nc(-c3ccc(OC)c(C)c3)cs2)n1. The van der Waals surface area contributed by atoms with Crippen LogP contribution in [0.4, 0.5) is 5.13 Å². The minimum atomic E-state index is -0.256. The van der Waals surface area contributed by atoms with Crippen molar-refractivity contribution in [2.24, 2.45) is 0 Å². The van der Waals surface area contributed by atoms with Crippen molar-refractivity contribution in [3.63, 3.8) is 0 Å². The zero-order chi connectivity index (χ0) is 17.1. The monoisotopic (exact) mass is 342 g/mol. The van der Waals surface area contributed by atoms with Crippen LogP contribution in [0.5, 0.6) is 5.75 Å². The number of benzene rings is 1. The van der Waals surface area contributed by atoms with Crippen LogP contribution in [-0.2, 0) is 6.54 Å². The van der Waals surface area contributed by atoms with Crippen LogP contribution in [0.25, 0.3) is 11.3 Å². The van der Waals surface area contributed by atoms with Gasteiger partial charge in [-0.1, -0.05) is 0 Å². The largest absolute Gasteiger partial charge is 0.496 e. The summed E-state index contributed by atoms with van der Waals surface area (Å²) >= 11 is 1.39. The van der Waals surface area contributed by atoms with Gasteiger partial charge in [0.25, 0.3) is 5.91 Å². The van der Waals surface area contributed by atoms with Crippen LogP contribution in [0.15, 0.2) is 35.8 Å². The van der Waals surface area contributed by atoms with E-state index in [0.29, 0.717) is 10.8 Å². The lowest BCUT2D eigenvalue weighted by molar-refractivity contribution is 0.102. The van der Waals surface area contributed by atoms with E-state index >= 15 is 0 Å². The topological polar surface area (TPSA) is 69.0 Å². The molecule has 124 valence electrons. The van der Waals surface area contributed by atoms with Crippen LogP contribution in [0, 0.1) is 6.92 Å². The van der Waals surface area contributed by atoms with Crippen molar-refractivity contribution < 1.29 is 9.53 Å². The van der Waals surface area contributed by atoms with Gasteiger partial charge >= 0.3 is 0 Å². The molecule has 0 aliphatic heterocycles. The Morgan fingerprint density at radius 1 is 1.38 bits per heavy atom. The highest BCUT2D eigenvalue weighted by atomic mass is 32.1. The summed E-state index contributed by atoms with van der Waals surface area (Å²) in [5.41, 5.74) is 3.23. The van der Waals surface area contributed by atoms with Crippen molar-refractivity contribution in [3.05, 3.63) is 47.1 Å². The first-order valence-corrected chi connectivity index (χ1v) is 8.44. The molecule has 3 aromatic rings. The van der Waals surface area contributed by atoms with E-state index in [-0.39, 0.29) is 5.91 Å². The highest BCUT2D eigenvalue weighted by Gasteiger charge is 2.13. The van der Waals surface area contributed by atoms with Gasteiger partial charge in [-0.3, -0.25) is 14.8 Å². The molecule has 0 unspecified atom stereocenters. The number of rotatable bonds is 5. The number of carbonyl (C=O) groups excluding carboxylic acids is 1. The first-order chi connectivity index (χ1) is 11.6. The number of ether oxygens (including phenoxy) is 1. The lowest BCUT2D eigenvalue weighted by Crippen LogP contribution is -2.13. The van der Waals surface area contributed by atoms with Crippen molar-refractivity contribution in [1.82, 2.24) is 14.8 Å². The molecule has 1 N–H and O–H groups in total. The molecule has 0 fully saturated rings. The molecular weight excluding hydrogens is 324 g/mol. The quantitative estimate of drug-likeness (QED) is 0.769. The number of methoxy groups -OCH3 is 1. The molecule has 1 amide bonds. The number of hydrogen-bond donors (Lipinski definition) is 1. The summed E-state index contributed by atoms with van der Waals surface area (Å²) in [6.45, 7) is 4.69. The van der Waals surface area contributed by atoms with E-state index in [9.17, 15) is 4.79 Å². The van der Waals surface area contributed by atoms with Crippen molar-refractivity contribution in [1.29, 1.82) is 0 Å². The molecule has 0 radical (unpaired) electrons. The average Bonchev–Trinajstić information content (AvgIpc) is 3.24. The molecule has 0 saturated heterocycles. The van der Waals surface area contributed by atoms with Crippen LogP contribution in [0.1, 0.15) is 23.0 Å². The van der Waals surface area contributed by atoms with E-state index in [1.54, 1.807) is 24.1 Å². The number of amides is 1. The average molecular weight is 342 g/mol. The van der Waals surface area contributed by atoms with Gasteiger partial charge in [0.15, 0.2) is 10.8 Å². The summed E-state index contributed by atoms with van der Waals surface area (Å²) in [7, 11) is 1.65. The van der Waals surface area contributed by atoms with Crippen molar-refractivity contribution in [3.8, 4) is 17.0 Å². The van der Waals surface area contributed by atoms with Gasteiger partial charge in [0.05, 0.1) is 12.8 Å². The summed E-state index contributed by atoms with van der Waals surface area (Å²) in [4.78, 5) is 16.7. The van der Waals surface area contributed by atoms with Gasteiger partial charge in [-0.15, -0.1) is 11.3 Å². The Hall–Kier alpha value is -2.67. The van der Waals surface area contributed by atoms with E-state index in [4.69, 9.17) is 4.74 Å². The maximum Gasteiger partial charge on any atom is 0.277 e. The highest BCUT2D eigenvalue weighted by Crippen LogP contribution is 2.28. The number of thiazole rings is 1. The second-order valence-electron chi connectivity index (χ2n) is 5.23. The first-order valence-electron chi connectivity index (χ1n) is 7.56. The van der Waals surface area contributed by atoms with Crippen LogP contribution in [0.3, 0.4) is 0 Å². The standard InChI is InChI=1S/C17H18N4O2S/c1-4-21-8-7-13(20-21)16(22)19-17-18-14(10-24-17)12-5-6-15(23-3)11(2)9-12/h5-10H,4H2,1-3H3,(H,18,19,22). The lowest BCUT2D eigenvalue weighted by atomic mass is 10.1. The van der Waals surface area contributed by atoms with Gasteiger partial charge in [0.2, 0.25) is 0 Å². The second-order valence-corrected chi connectivity index (χ2v) is 6.09. The number of nitrogens with one attached hydrogen (secondary N) is 1. The molecule has 2 heterocycles. The predicted molar refractivity (Wildman–Crippen MR) is 94.7 cm³/mol. The second kappa shape index (κ2) is 6.84. The number of aryl methyl sites for hydroxylation is 2. The maximum atomic E-state index is 12.2. The summed E-state index contributed by atoms with van der Waals surface area (Å²) < 4.78 is 6.98. The molecule has 7 heteroatoms. The normalized spacial score (nSPS) is 10.6. The molecule has 6 nitrogen and oxygen atoms in total. The zero-order valence-electron chi connectivity index (χ0n) is 13.7. The smallest absolute Gasteiger partial charge is 0.277 e. The molecule has 24 heavy (non-hydrogen) atoms. The van der Waals surface area contributed by atoms with Gasteiger partial charge in [-0.25, -0.2) is 4.98 Å². The van der Waals surface area contributed by atoms with Gasteiger partial charge in [0, 0.05) is 23.7 Å². The molecule has 0 saturated carbocycles. The third-order valence-corrected chi connectivity index (χ3v) is 4.37. The number of anilines is 1. The van der Waals surface area contributed by atoms with Crippen LogP contribution in [-0.4, -0.2) is 27.8 Å². The fraction of sp³-hybridized carbons (Fsp3) is 0.235. The summed E-state index contributed by atoms with van der Waals surface area (Å²) in [6, 6.07) is 7.58. The molecule has 3 rings (SSSR count). The van der Waals surface area contributed by atoms with Crippen molar-refractivity contribution in [2.45, 2.75) is 20.4 Å². The molecule has 0 atom stereocenters. The molecule has 0 aliphatic carbocycles. The minimum Gasteiger partial charge on any atom is -0.496 e. The third-order valence-electron chi connectivity index (χ3n) is 3.61. The molecule has 2 aromatic heterocycles. The van der Waals surface area contributed by atoms with Gasteiger partial charge < -0.3 is 4.74 Å². The fourth-order valence-electron chi connectivity index (χ4n) is 2.32. The molecule has 1 aromatic carbocycles. The summed E-state index contributed by atoms with van der Waals surface area (Å²) in [5.74, 6) is 0.586. The van der Waals surface area contributed by atoms with Gasteiger partial charge in [-0.2, -0.15) is 5.10 Å². The van der Waals surface area contributed by atoms with Gasteiger partial charge in [-0.05, 0) is 43.7 Å². The number of aromatic nitrogens is 3. The number of hydrogen-bond acceptors (Lipinski definition) is 5. The van der Waals surface area contributed by atoms with E-state index in [0.717, 1.165) is 29.1 Å². The Morgan fingerprint density at radius 3 is 2.88 bits per heavy atom. The fourth-order valence-corrected chi connectivity index (χ4v) is 3.04. The van der Waals surface area contributed by atoms with E-state index in [1.165, 1.54) is 11.3 Å². The summed E-state index contributed by atoms with van der Waals surface area (Å²) in [6.07, 6.45) is 1.78. The Kier molecular flexibility index (Phi) is 4.61. The van der Waals surface area contributed by atoms with E-state index in [1.807, 2.05) is 37.4 Å². The molecular formula is C17H18N4O2S. The molecule has 0 spiro atoms. The van der Waals surface area contributed by atoms with Crippen molar-refractivity contribution in [2.75, 3.05) is 12.4 Å². The van der Waals surface area contributed by atoms with Gasteiger partial charge in [0.1, 0.15) is 5.75 Å². The third kappa shape index (κ3) is 3.30. The lowest BCUT2D eigenvalue weighted by Gasteiger charge is -2.05. The Bertz CT molecular complexity index is 869. The number of carbonyl (C=O) groups is 1. The number of nitrogens with zero attached hydrogens (tertiary/aromatic N) is 3. The Morgan fingerprint density at radius 2 is 2.21 bits per heavy atom. The summed E-state index contributed by atoms with van der Waals surface area (Å²) in [5, 5.41) is 9.45. The Balaban J connectivity index is 1.75.